The van der Waals surface area contributed by atoms with E-state index in [9.17, 15) is 4.91 Å². The van der Waals surface area contributed by atoms with Gasteiger partial charge in [0.25, 0.3) is 0 Å². The molecule has 0 aromatic heterocycles. The molecule has 0 spiro atoms. The van der Waals surface area contributed by atoms with E-state index in [0.717, 1.165) is 5.56 Å². The van der Waals surface area contributed by atoms with Crippen LogP contribution in [0.1, 0.15) is 5.56 Å². The molecule has 11 heavy (non-hydrogen) atoms. The highest BCUT2D eigenvalue weighted by atomic mass is 35.5. The highest BCUT2D eigenvalue weighted by molar-refractivity contribution is 6.38. The van der Waals surface area contributed by atoms with Crippen LogP contribution in [0.15, 0.2) is 17.3 Å². The fourth-order valence-corrected chi connectivity index (χ4v) is 1.44. The number of rotatable bonds is 1. The third kappa shape index (κ3) is 1.70. The molecular weight excluding hydrogens is 185 g/mol. The quantitative estimate of drug-likeness (QED) is 0.620. The third-order valence-corrected chi connectivity index (χ3v) is 1.83. The van der Waals surface area contributed by atoms with Crippen molar-refractivity contribution in [1.82, 2.24) is 0 Å². The van der Waals surface area contributed by atoms with Crippen LogP contribution >= 0.6 is 23.2 Å². The molecule has 0 amide bonds. The Kier molecular flexibility index (Phi) is 2.47. The first-order valence-electron chi connectivity index (χ1n) is 2.94. The van der Waals surface area contributed by atoms with E-state index in [0.29, 0.717) is 10.0 Å². The second kappa shape index (κ2) is 3.20. The van der Waals surface area contributed by atoms with Crippen molar-refractivity contribution in [3.63, 3.8) is 0 Å². The van der Waals surface area contributed by atoms with Crippen molar-refractivity contribution >= 4 is 28.9 Å². The van der Waals surface area contributed by atoms with Gasteiger partial charge in [-0.15, -0.1) is 4.91 Å². The molecule has 0 bridgehead atoms. The zero-order chi connectivity index (χ0) is 8.43. The van der Waals surface area contributed by atoms with Crippen molar-refractivity contribution in [3.05, 3.63) is 32.6 Å². The van der Waals surface area contributed by atoms with Gasteiger partial charge in [0.2, 0.25) is 0 Å². The van der Waals surface area contributed by atoms with Crippen molar-refractivity contribution in [2.45, 2.75) is 6.92 Å². The Morgan fingerprint density at radius 1 is 1.27 bits per heavy atom. The van der Waals surface area contributed by atoms with Crippen molar-refractivity contribution in [2.24, 2.45) is 5.18 Å². The van der Waals surface area contributed by atoms with E-state index in [2.05, 4.69) is 5.18 Å². The number of halogens is 2. The second-order valence-corrected chi connectivity index (χ2v) is 2.98. The molecule has 1 rings (SSSR count). The van der Waals surface area contributed by atoms with E-state index in [1.165, 1.54) is 0 Å². The van der Waals surface area contributed by atoms with Crippen LogP contribution in [-0.2, 0) is 0 Å². The van der Waals surface area contributed by atoms with Gasteiger partial charge in [-0.3, -0.25) is 0 Å². The molecule has 58 valence electrons. The Balaban J connectivity index is 3.36. The van der Waals surface area contributed by atoms with Crippen LogP contribution in [0.5, 0.6) is 0 Å². The Labute approximate surface area is 74.1 Å². The van der Waals surface area contributed by atoms with Crippen molar-refractivity contribution in [1.29, 1.82) is 0 Å². The molecule has 0 heterocycles. The number of aryl methyl sites for hydroxylation is 1. The average Bonchev–Trinajstić information content (AvgIpc) is 1.85. The zero-order valence-corrected chi connectivity index (χ0v) is 7.28. The lowest BCUT2D eigenvalue weighted by atomic mass is 10.2. The molecule has 0 aliphatic rings. The van der Waals surface area contributed by atoms with Crippen LogP contribution in [-0.4, -0.2) is 0 Å². The highest BCUT2D eigenvalue weighted by Crippen LogP contribution is 2.33. The maximum atomic E-state index is 10.1. The molecule has 0 aliphatic heterocycles. The summed E-state index contributed by atoms with van der Waals surface area (Å²) in [5.74, 6) is 0. The number of hydrogen-bond donors (Lipinski definition) is 0. The molecule has 0 unspecified atom stereocenters. The van der Waals surface area contributed by atoms with Crippen molar-refractivity contribution in [2.75, 3.05) is 0 Å². The summed E-state index contributed by atoms with van der Waals surface area (Å²) >= 11 is 11.3. The maximum Gasteiger partial charge on any atom is 0.145 e. The third-order valence-electron chi connectivity index (χ3n) is 1.25. The van der Waals surface area contributed by atoms with E-state index >= 15 is 0 Å². The van der Waals surface area contributed by atoms with Crippen LogP contribution in [0, 0.1) is 11.8 Å². The normalized spacial score (nSPS) is 9.73. The first-order chi connectivity index (χ1) is 5.15. The predicted octanol–water partition coefficient (Wildman–Crippen LogP) is 3.70. The smallest absolute Gasteiger partial charge is 0.145 e. The number of nitrogens with zero attached hydrogens (tertiary/aromatic N) is 1. The number of hydrogen-bond acceptors (Lipinski definition) is 2. The maximum absolute atomic E-state index is 10.1. The molecule has 0 aliphatic carbocycles. The van der Waals surface area contributed by atoms with Gasteiger partial charge >= 0.3 is 0 Å². The van der Waals surface area contributed by atoms with Crippen LogP contribution in [0.2, 0.25) is 10.0 Å². The summed E-state index contributed by atoms with van der Waals surface area (Å²) in [7, 11) is 0. The van der Waals surface area contributed by atoms with E-state index in [-0.39, 0.29) is 5.69 Å². The molecular formula is C7H5Cl2NO. The van der Waals surface area contributed by atoms with E-state index < -0.39 is 0 Å². The zero-order valence-electron chi connectivity index (χ0n) is 5.77. The predicted molar refractivity (Wildman–Crippen MR) is 46.7 cm³/mol. The lowest BCUT2D eigenvalue weighted by Crippen LogP contribution is -1.74. The Bertz CT molecular complexity index is 275. The topological polar surface area (TPSA) is 29.4 Å². The Hall–Kier alpha value is -0.600. The second-order valence-electron chi connectivity index (χ2n) is 2.17. The van der Waals surface area contributed by atoms with Crippen molar-refractivity contribution < 1.29 is 0 Å². The van der Waals surface area contributed by atoms with E-state index in [1.54, 1.807) is 12.1 Å². The molecule has 0 fully saturated rings. The molecule has 0 atom stereocenters. The monoisotopic (exact) mass is 189 g/mol. The molecule has 1 aromatic rings. The minimum absolute atomic E-state index is 0.110. The molecule has 4 heteroatoms. The molecule has 0 saturated carbocycles. The van der Waals surface area contributed by atoms with Crippen molar-refractivity contribution in [3.8, 4) is 0 Å². The van der Waals surface area contributed by atoms with Crippen LogP contribution < -0.4 is 0 Å². The van der Waals surface area contributed by atoms with Gasteiger partial charge in [0.1, 0.15) is 5.69 Å². The summed E-state index contributed by atoms with van der Waals surface area (Å²) in [6.45, 7) is 1.84. The summed E-state index contributed by atoms with van der Waals surface area (Å²) in [4.78, 5) is 10.1. The highest BCUT2D eigenvalue weighted by Gasteiger charge is 2.05. The summed E-state index contributed by atoms with van der Waals surface area (Å²) in [5, 5.41) is 3.29. The molecule has 0 radical (unpaired) electrons. The van der Waals surface area contributed by atoms with Crippen LogP contribution in [0.25, 0.3) is 0 Å². The van der Waals surface area contributed by atoms with Crippen LogP contribution in [0.3, 0.4) is 0 Å². The van der Waals surface area contributed by atoms with Gasteiger partial charge in [0.15, 0.2) is 0 Å². The van der Waals surface area contributed by atoms with Gasteiger partial charge in [0.05, 0.1) is 10.0 Å². The standard InChI is InChI=1S/C7H5Cl2NO/c1-4-2-5(8)7(10-11)6(9)3-4/h2-3H,1H3. The summed E-state index contributed by atoms with van der Waals surface area (Å²) < 4.78 is 0. The summed E-state index contributed by atoms with van der Waals surface area (Å²) in [6, 6.07) is 3.29. The molecule has 0 N–H and O–H groups in total. The first-order valence-corrected chi connectivity index (χ1v) is 3.69. The molecule has 2 nitrogen and oxygen atoms in total. The first kappa shape index (κ1) is 8.50. The summed E-state index contributed by atoms with van der Waals surface area (Å²) in [5.41, 5.74) is 1.02. The van der Waals surface area contributed by atoms with E-state index in [1.807, 2.05) is 6.92 Å². The van der Waals surface area contributed by atoms with Gasteiger partial charge in [-0.05, 0) is 29.8 Å². The van der Waals surface area contributed by atoms with Gasteiger partial charge in [0, 0.05) is 0 Å². The summed E-state index contributed by atoms with van der Waals surface area (Å²) in [6.07, 6.45) is 0. The SMILES string of the molecule is Cc1cc(Cl)c(N=O)c(Cl)c1. The van der Waals surface area contributed by atoms with Gasteiger partial charge < -0.3 is 0 Å². The van der Waals surface area contributed by atoms with Crippen LogP contribution in [0.4, 0.5) is 5.69 Å². The number of nitroso groups, excluding NO2 is 1. The van der Waals surface area contributed by atoms with Gasteiger partial charge in [-0.2, -0.15) is 0 Å². The lowest BCUT2D eigenvalue weighted by Gasteiger charge is -1.98. The Morgan fingerprint density at radius 2 is 1.73 bits per heavy atom. The van der Waals surface area contributed by atoms with Gasteiger partial charge in [-0.25, -0.2) is 0 Å². The average molecular weight is 190 g/mol. The fraction of sp³-hybridized carbons (Fsp3) is 0.143. The lowest BCUT2D eigenvalue weighted by molar-refractivity contribution is 1.42. The largest absolute Gasteiger partial charge is 0.145 e. The Morgan fingerprint density at radius 3 is 2.09 bits per heavy atom. The fourth-order valence-electron chi connectivity index (χ4n) is 0.779. The molecule has 1 aromatic carbocycles. The minimum Gasteiger partial charge on any atom is -0.145 e. The number of benzene rings is 1. The van der Waals surface area contributed by atoms with E-state index in [4.69, 9.17) is 23.2 Å². The van der Waals surface area contributed by atoms with Gasteiger partial charge in [-0.1, -0.05) is 23.2 Å². The minimum atomic E-state index is 0.110. The molecule has 0 saturated heterocycles.